The number of halogens is 1. The summed E-state index contributed by atoms with van der Waals surface area (Å²) in [6, 6.07) is 3.41. The lowest BCUT2D eigenvalue weighted by Crippen LogP contribution is -2.45. The van der Waals surface area contributed by atoms with Crippen molar-refractivity contribution >= 4 is 23.3 Å². The molecule has 1 amide bonds. The standard InChI is InChI=1S/C10H11ClN4O/c1-10(2,9(13)16)15-8-7(11)6(5-12)3-4-14-8/h3-4H,1-2H3,(H2,13,16)(H,14,15). The molecule has 0 unspecified atom stereocenters. The van der Waals surface area contributed by atoms with Crippen LogP contribution >= 0.6 is 11.6 Å². The predicted molar refractivity (Wildman–Crippen MR) is 60.9 cm³/mol. The molecule has 0 aliphatic rings. The highest BCUT2D eigenvalue weighted by Crippen LogP contribution is 2.25. The van der Waals surface area contributed by atoms with E-state index < -0.39 is 11.4 Å². The first-order chi connectivity index (χ1) is 7.38. The number of anilines is 1. The van der Waals surface area contributed by atoms with Crippen molar-refractivity contribution in [1.29, 1.82) is 5.26 Å². The lowest BCUT2D eigenvalue weighted by Gasteiger charge is -2.23. The van der Waals surface area contributed by atoms with Gasteiger partial charge in [-0.25, -0.2) is 4.98 Å². The van der Waals surface area contributed by atoms with Gasteiger partial charge in [-0.3, -0.25) is 4.79 Å². The van der Waals surface area contributed by atoms with Crippen molar-refractivity contribution in [2.24, 2.45) is 5.73 Å². The van der Waals surface area contributed by atoms with Crippen molar-refractivity contribution in [1.82, 2.24) is 4.98 Å². The van der Waals surface area contributed by atoms with E-state index in [0.29, 0.717) is 5.56 Å². The molecule has 16 heavy (non-hydrogen) atoms. The van der Waals surface area contributed by atoms with Crippen molar-refractivity contribution < 1.29 is 4.79 Å². The Hall–Kier alpha value is -1.80. The molecule has 0 saturated heterocycles. The highest BCUT2D eigenvalue weighted by Gasteiger charge is 2.26. The number of carbonyl (C=O) groups excluding carboxylic acids is 1. The fourth-order valence-corrected chi connectivity index (χ4v) is 1.18. The number of pyridine rings is 1. The maximum absolute atomic E-state index is 11.1. The van der Waals surface area contributed by atoms with Gasteiger partial charge < -0.3 is 11.1 Å². The number of nitrogens with two attached hydrogens (primary N) is 1. The fourth-order valence-electron chi connectivity index (χ4n) is 0.975. The number of carbonyl (C=O) groups is 1. The smallest absolute Gasteiger partial charge is 0.242 e. The third kappa shape index (κ3) is 2.41. The molecular formula is C10H11ClN4O. The molecule has 3 N–H and O–H groups in total. The van der Waals surface area contributed by atoms with Gasteiger partial charge in [0.25, 0.3) is 0 Å². The molecule has 6 heteroatoms. The third-order valence-electron chi connectivity index (χ3n) is 2.06. The van der Waals surface area contributed by atoms with Gasteiger partial charge in [0, 0.05) is 6.20 Å². The van der Waals surface area contributed by atoms with Crippen LogP contribution in [0, 0.1) is 11.3 Å². The summed E-state index contributed by atoms with van der Waals surface area (Å²) < 4.78 is 0. The Balaban J connectivity index is 3.08. The van der Waals surface area contributed by atoms with Crippen LogP contribution in [0.5, 0.6) is 0 Å². The fraction of sp³-hybridized carbons (Fsp3) is 0.300. The Morgan fingerprint density at radius 1 is 1.69 bits per heavy atom. The van der Waals surface area contributed by atoms with E-state index in [4.69, 9.17) is 22.6 Å². The van der Waals surface area contributed by atoms with Crippen LogP contribution in [0.1, 0.15) is 19.4 Å². The van der Waals surface area contributed by atoms with E-state index in [0.717, 1.165) is 0 Å². The highest BCUT2D eigenvalue weighted by molar-refractivity contribution is 6.34. The second-order valence-corrected chi connectivity index (χ2v) is 4.13. The molecule has 1 rings (SSSR count). The molecule has 5 nitrogen and oxygen atoms in total. The van der Waals surface area contributed by atoms with Crippen molar-refractivity contribution in [3.05, 3.63) is 22.8 Å². The molecule has 0 fully saturated rings. The minimum absolute atomic E-state index is 0.180. The van der Waals surface area contributed by atoms with E-state index in [2.05, 4.69) is 10.3 Å². The summed E-state index contributed by atoms with van der Waals surface area (Å²) in [5.41, 5.74) is 4.51. The molecule has 0 saturated carbocycles. The molecule has 1 heterocycles. The summed E-state index contributed by atoms with van der Waals surface area (Å²) in [4.78, 5) is 15.1. The number of primary amides is 1. The van der Waals surface area contributed by atoms with E-state index in [1.54, 1.807) is 13.8 Å². The topological polar surface area (TPSA) is 91.8 Å². The average Bonchev–Trinajstić information content (AvgIpc) is 2.20. The molecule has 0 aliphatic heterocycles. The largest absolute Gasteiger partial charge is 0.368 e. The SMILES string of the molecule is CC(C)(Nc1nccc(C#N)c1Cl)C(N)=O. The van der Waals surface area contributed by atoms with E-state index >= 15 is 0 Å². The van der Waals surface area contributed by atoms with Gasteiger partial charge in [0.05, 0.1) is 5.56 Å². The summed E-state index contributed by atoms with van der Waals surface area (Å²) in [6.45, 7) is 3.21. The summed E-state index contributed by atoms with van der Waals surface area (Å²) in [7, 11) is 0. The van der Waals surface area contributed by atoms with Crippen LogP contribution in [0.4, 0.5) is 5.82 Å². The Kier molecular flexibility index (Phi) is 3.35. The minimum Gasteiger partial charge on any atom is -0.368 e. The number of hydrogen-bond donors (Lipinski definition) is 2. The number of nitrogens with one attached hydrogen (secondary N) is 1. The molecule has 0 aliphatic carbocycles. The van der Waals surface area contributed by atoms with Crippen LogP contribution < -0.4 is 11.1 Å². The van der Waals surface area contributed by atoms with Crippen molar-refractivity contribution in [3.63, 3.8) is 0 Å². The predicted octanol–water partition coefficient (Wildman–Crippen LogP) is 1.28. The van der Waals surface area contributed by atoms with Crippen LogP contribution in [-0.4, -0.2) is 16.4 Å². The maximum atomic E-state index is 11.1. The number of aromatic nitrogens is 1. The Morgan fingerprint density at radius 3 is 2.81 bits per heavy atom. The zero-order chi connectivity index (χ0) is 12.3. The lowest BCUT2D eigenvalue weighted by molar-refractivity contribution is -0.121. The number of nitriles is 1. The first-order valence-corrected chi connectivity index (χ1v) is 4.89. The average molecular weight is 239 g/mol. The number of rotatable bonds is 3. The van der Waals surface area contributed by atoms with Crippen LogP contribution in [-0.2, 0) is 4.79 Å². The molecular weight excluding hydrogens is 228 g/mol. The molecule has 0 radical (unpaired) electrons. The highest BCUT2D eigenvalue weighted by atomic mass is 35.5. The van der Waals surface area contributed by atoms with Crippen molar-refractivity contribution in [2.75, 3.05) is 5.32 Å². The van der Waals surface area contributed by atoms with E-state index in [9.17, 15) is 4.79 Å². The Labute approximate surface area is 98.2 Å². The van der Waals surface area contributed by atoms with Crippen LogP contribution in [0.2, 0.25) is 5.02 Å². The van der Waals surface area contributed by atoms with Gasteiger partial charge in [-0.05, 0) is 19.9 Å². The zero-order valence-corrected chi connectivity index (χ0v) is 9.67. The van der Waals surface area contributed by atoms with E-state index in [1.807, 2.05) is 6.07 Å². The molecule has 0 bridgehead atoms. The number of nitrogens with zero attached hydrogens (tertiary/aromatic N) is 2. The molecule has 0 atom stereocenters. The van der Waals surface area contributed by atoms with Crippen molar-refractivity contribution in [3.8, 4) is 6.07 Å². The molecule has 1 aromatic rings. The number of hydrogen-bond acceptors (Lipinski definition) is 4. The third-order valence-corrected chi connectivity index (χ3v) is 2.44. The summed E-state index contributed by atoms with van der Waals surface area (Å²) in [5, 5.41) is 11.7. The number of amides is 1. The van der Waals surface area contributed by atoms with Gasteiger partial charge in [0.15, 0.2) is 0 Å². The van der Waals surface area contributed by atoms with Gasteiger partial charge in [-0.15, -0.1) is 0 Å². The monoisotopic (exact) mass is 238 g/mol. The van der Waals surface area contributed by atoms with Gasteiger partial charge in [-0.2, -0.15) is 5.26 Å². The van der Waals surface area contributed by atoms with Crippen LogP contribution in [0.25, 0.3) is 0 Å². The quantitative estimate of drug-likeness (QED) is 0.830. The van der Waals surface area contributed by atoms with Crippen molar-refractivity contribution in [2.45, 2.75) is 19.4 Å². The van der Waals surface area contributed by atoms with Gasteiger partial charge >= 0.3 is 0 Å². The summed E-state index contributed by atoms with van der Waals surface area (Å²) in [6.07, 6.45) is 1.43. The second-order valence-electron chi connectivity index (χ2n) is 3.75. The lowest BCUT2D eigenvalue weighted by atomic mass is 10.1. The summed E-state index contributed by atoms with van der Waals surface area (Å²) in [5.74, 6) is -0.266. The Bertz CT molecular complexity index is 464. The normalized spacial score (nSPS) is 10.6. The molecule has 1 aromatic heterocycles. The molecule has 0 spiro atoms. The van der Waals surface area contributed by atoms with Gasteiger partial charge in [0.2, 0.25) is 5.91 Å². The van der Waals surface area contributed by atoms with Crippen LogP contribution in [0.15, 0.2) is 12.3 Å². The maximum Gasteiger partial charge on any atom is 0.242 e. The zero-order valence-electron chi connectivity index (χ0n) is 8.91. The van der Waals surface area contributed by atoms with Crippen LogP contribution in [0.3, 0.4) is 0 Å². The van der Waals surface area contributed by atoms with Gasteiger partial charge in [-0.1, -0.05) is 11.6 Å². The van der Waals surface area contributed by atoms with Gasteiger partial charge in [0.1, 0.15) is 22.4 Å². The summed E-state index contributed by atoms with van der Waals surface area (Å²) >= 11 is 5.92. The van der Waals surface area contributed by atoms with E-state index in [1.165, 1.54) is 12.3 Å². The Morgan fingerprint density at radius 2 is 2.31 bits per heavy atom. The second kappa shape index (κ2) is 4.37. The first kappa shape index (κ1) is 12.3. The first-order valence-electron chi connectivity index (χ1n) is 4.51. The molecule has 84 valence electrons. The molecule has 0 aromatic carbocycles. The minimum atomic E-state index is -0.981. The van der Waals surface area contributed by atoms with E-state index in [-0.39, 0.29) is 10.8 Å².